The third-order valence-electron chi connectivity index (χ3n) is 8.06. The second kappa shape index (κ2) is 18.4. The molecule has 4 aromatic rings. The second-order valence-corrected chi connectivity index (χ2v) is 12.8. The van der Waals surface area contributed by atoms with Crippen LogP contribution in [-0.2, 0) is 42.8 Å². The molecule has 6 rings (SSSR count). The molecule has 53 heavy (non-hydrogen) atoms. The number of aliphatic imine (C=N–C) groups is 1. The van der Waals surface area contributed by atoms with Crippen LogP contribution in [0.1, 0.15) is 53.6 Å². The molecule has 0 bridgehead atoms. The molecule has 16 heteroatoms. The van der Waals surface area contributed by atoms with Crippen molar-refractivity contribution in [2.45, 2.75) is 70.5 Å². The monoisotopic (exact) mass is 784 g/mol. The number of hydrogen-bond acceptors (Lipinski definition) is 6. The maximum atomic E-state index is 12.9. The SMILES string of the molecule is C.Nc1ccc2c(c1)CC(O)CC2.O=C(Nc1ccc2c(c1)CC(O)CC2)Nc1ccc(Cl)c(C(F)(F)F)c1.O=C=Nc1ccc(Cl)c(C(F)(F)F)c1. The summed E-state index contributed by atoms with van der Waals surface area (Å²) in [7, 11) is 0. The van der Waals surface area contributed by atoms with E-state index in [1.54, 1.807) is 12.1 Å². The molecule has 0 radical (unpaired) electrons. The zero-order chi connectivity index (χ0) is 38.2. The number of aryl methyl sites for hydroxylation is 2. The molecule has 4 aromatic carbocycles. The van der Waals surface area contributed by atoms with Crippen LogP contribution in [0, 0.1) is 0 Å². The fourth-order valence-corrected chi connectivity index (χ4v) is 5.99. The van der Waals surface area contributed by atoms with Crippen LogP contribution in [-0.4, -0.2) is 34.5 Å². The van der Waals surface area contributed by atoms with E-state index in [-0.39, 0.29) is 24.9 Å². The predicted molar refractivity (Wildman–Crippen MR) is 193 cm³/mol. The Kier molecular flexibility index (Phi) is 14.9. The molecule has 0 aliphatic heterocycles. The molecular weight excluding hydrogens is 749 g/mol. The van der Waals surface area contributed by atoms with Crippen molar-refractivity contribution in [2.75, 3.05) is 16.4 Å². The third kappa shape index (κ3) is 12.5. The Morgan fingerprint density at radius 2 is 1.19 bits per heavy atom. The highest BCUT2D eigenvalue weighted by atomic mass is 35.5. The van der Waals surface area contributed by atoms with Gasteiger partial charge in [-0.05, 0) is 121 Å². The standard InChI is InChI=1S/C18H16ClF3N2O2.C10H13NO.C8H3ClF3NO.CH4/c19-16-6-4-13(9-15(16)18(20,21)22)24-17(26)23-12-3-1-10-2-5-14(25)8-11(10)7-12;11-9-3-1-7-2-4-10(12)6-8(7)5-9;9-7-2-1-5(13-4-14)3-6(7)8(10,11)12;/h1,3-4,6-7,9,14,25H,2,5,8H2,(H2,23,24,26);1,3,5,10,12H,2,4,6,11H2;1-3H;1H4. The smallest absolute Gasteiger partial charge is 0.399 e. The van der Waals surface area contributed by atoms with Gasteiger partial charge in [-0.1, -0.05) is 42.8 Å². The van der Waals surface area contributed by atoms with Gasteiger partial charge in [0, 0.05) is 17.1 Å². The average molecular weight is 786 g/mol. The number of carbonyl (C=O) groups excluding carboxylic acids is 2. The van der Waals surface area contributed by atoms with Gasteiger partial charge in [0.1, 0.15) is 0 Å². The molecule has 6 N–H and O–H groups in total. The molecular formula is C37H36Cl2F6N4O4. The molecule has 0 spiro atoms. The molecule has 0 saturated heterocycles. The number of urea groups is 1. The minimum absolute atomic E-state index is 0. The Hall–Kier alpha value is -4.59. The average Bonchev–Trinajstić information content (AvgIpc) is 3.06. The van der Waals surface area contributed by atoms with Crippen LogP contribution in [0.4, 0.5) is 53.9 Å². The van der Waals surface area contributed by atoms with E-state index in [0.717, 1.165) is 66.8 Å². The van der Waals surface area contributed by atoms with Gasteiger partial charge in [-0.2, -0.15) is 31.3 Å². The number of nitrogens with zero attached hydrogens (tertiary/aromatic N) is 1. The fraction of sp³-hybridized carbons (Fsp3) is 0.297. The van der Waals surface area contributed by atoms with Gasteiger partial charge in [0.05, 0.1) is 39.1 Å². The summed E-state index contributed by atoms with van der Waals surface area (Å²) in [5, 5.41) is 23.2. The number of aliphatic hydroxyl groups excluding tert-OH is 2. The number of anilines is 3. The summed E-state index contributed by atoms with van der Waals surface area (Å²) < 4.78 is 75.3. The number of fused-ring (bicyclic) bond motifs is 2. The summed E-state index contributed by atoms with van der Waals surface area (Å²) in [5.41, 5.74) is 9.39. The van der Waals surface area contributed by atoms with Crippen molar-refractivity contribution in [2.24, 2.45) is 4.99 Å². The third-order valence-corrected chi connectivity index (χ3v) is 8.72. The van der Waals surface area contributed by atoms with Crippen molar-refractivity contribution in [3.63, 3.8) is 0 Å². The van der Waals surface area contributed by atoms with Crippen molar-refractivity contribution >= 4 is 58.1 Å². The van der Waals surface area contributed by atoms with E-state index in [9.17, 15) is 46.1 Å². The van der Waals surface area contributed by atoms with Crippen molar-refractivity contribution in [3.05, 3.63) is 116 Å². The topological polar surface area (TPSA) is 137 Å². The van der Waals surface area contributed by atoms with Crippen molar-refractivity contribution < 1.29 is 46.1 Å². The van der Waals surface area contributed by atoms with Gasteiger partial charge in [0.15, 0.2) is 0 Å². The van der Waals surface area contributed by atoms with Gasteiger partial charge in [-0.15, -0.1) is 0 Å². The lowest BCUT2D eigenvalue weighted by Gasteiger charge is -2.21. The van der Waals surface area contributed by atoms with E-state index < -0.39 is 45.7 Å². The predicted octanol–water partition coefficient (Wildman–Crippen LogP) is 9.93. The highest BCUT2D eigenvalue weighted by Gasteiger charge is 2.34. The van der Waals surface area contributed by atoms with Crippen molar-refractivity contribution in [1.82, 2.24) is 0 Å². The molecule has 2 unspecified atom stereocenters. The first kappa shape index (κ1) is 42.8. The molecule has 8 nitrogen and oxygen atoms in total. The van der Waals surface area contributed by atoms with Crippen molar-refractivity contribution in [1.29, 1.82) is 0 Å². The number of nitrogen functional groups attached to an aromatic ring is 1. The Morgan fingerprint density at radius 3 is 1.74 bits per heavy atom. The maximum absolute atomic E-state index is 12.9. The molecule has 284 valence electrons. The quantitative estimate of drug-likeness (QED) is 0.0610. The minimum atomic E-state index is -4.61. The van der Waals surface area contributed by atoms with Gasteiger partial charge >= 0.3 is 18.4 Å². The summed E-state index contributed by atoms with van der Waals surface area (Å²) in [6.45, 7) is 0. The highest BCUT2D eigenvalue weighted by Crippen LogP contribution is 2.37. The molecule has 2 aliphatic rings. The first-order valence-electron chi connectivity index (χ1n) is 15.7. The van der Waals surface area contributed by atoms with Crippen LogP contribution in [0.3, 0.4) is 0 Å². The Balaban J connectivity index is 0.000000236. The summed E-state index contributed by atoms with van der Waals surface area (Å²) >= 11 is 10.9. The number of amides is 2. The lowest BCUT2D eigenvalue weighted by Crippen LogP contribution is -2.21. The molecule has 2 amide bonds. The number of aliphatic hydroxyl groups is 2. The minimum Gasteiger partial charge on any atom is -0.399 e. The number of benzene rings is 4. The van der Waals surface area contributed by atoms with Crippen LogP contribution in [0.25, 0.3) is 0 Å². The van der Waals surface area contributed by atoms with E-state index in [1.165, 1.54) is 23.3 Å². The molecule has 2 aliphatic carbocycles. The van der Waals surface area contributed by atoms with Crippen LogP contribution in [0.5, 0.6) is 0 Å². The van der Waals surface area contributed by atoms with E-state index >= 15 is 0 Å². The number of isocyanates is 1. The van der Waals surface area contributed by atoms with Crippen LogP contribution in [0.15, 0.2) is 77.8 Å². The zero-order valence-electron chi connectivity index (χ0n) is 27.1. The van der Waals surface area contributed by atoms with Crippen LogP contribution < -0.4 is 16.4 Å². The first-order chi connectivity index (χ1) is 24.4. The summed E-state index contributed by atoms with van der Waals surface area (Å²) in [4.78, 5) is 24.9. The molecule has 0 saturated carbocycles. The van der Waals surface area contributed by atoms with Gasteiger partial charge < -0.3 is 26.6 Å². The van der Waals surface area contributed by atoms with Gasteiger partial charge in [-0.25, -0.2) is 9.59 Å². The molecule has 0 heterocycles. The number of nitrogens with two attached hydrogens (primary N) is 1. The molecule has 2 atom stereocenters. The van der Waals surface area contributed by atoms with Gasteiger partial charge in [0.25, 0.3) is 0 Å². The van der Waals surface area contributed by atoms with Crippen LogP contribution >= 0.6 is 23.2 Å². The van der Waals surface area contributed by atoms with Crippen molar-refractivity contribution in [3.8, 4) is 0 Å². The summed E-state index contributed by atoms with van der Waals surface area (Å²) in [6, 6.07) is 16.7. The van der Waals surface area contributed by atoms with Crippen LogP contribution in [0.2, 0.25) is 10.0 Å². The van der Waals surface area contributed by atoms with E-state index in [4.69, 9.17) is 28.9 Å². The number of halogens is 8. The van der Waals surface area contributed by atoms with Gasteiger partial charge in [-0.3, -0.25) is 0 Å². The Morgan fingerprint density at radius 1 is 0.717 bits per heavy atom. The lowest BCUT2D eigenvalue weighted by atomic mass is 9.89. The molecule has 0 fully saturated rings. The normalized spacial score (nSPS) is 16.0. The number of alkyl halides is 6. The first-order valence-corrected chi connectivity index (χ1v) is 16.4. The van der Waals surface area contributed by atoms with E-state index in [0.29, 0.717) is 24.6 Å². The lowest BCUT2D eigenvalue weighted by molar-refractivity contribution is -0.138. The molecule has 0 aromatic heterocycles. The Labute approximate surface area is 311 Å². The summed E-state index contributed by atoms with van der Waals surface area (Å²) in [6.07, 6.45) is -3.95. The maximum Gasteiger partial charge on any atom is 0.417 e. The Bertz CT molecular complexity index is 1950. The highest BCUT2D eigenvalue weighted by molar-refractivity contribution is 6.31. The fourth-order valence-electron chi connectivity index (χ4n) is 5.54. The summed E-state index contributed by atoms with van der Waals surface area (Å²) in [5.74, 6) is 0. The number of hydrogen-bond donors (Lipinski definition) is 5. The van der Waals surface area contributed by atoms with Gasteiger partial charge in [0.2, 0.25) is 6.08 Å². The second-order valence-electron chi connectivity index (χ2n) is 11.9. The largest absolute Gasteiger partial charge is 0.417 e. The number of nitrogens with one attached hydrogen (secondary N) is 2. The number of rotatable bonds is 3. The van der Waals surface area contributed by atoms with E-state index in [2.05, 4.69) is 21.7 Å². The van der Waals surface area contributed by atoms with E-state index in [1.807, 2.05) is 18.2 Å². The zero-order valence-corrected chi connectivity index (χ0v) is 28.6. The number of carbonyl (C=O) groups is 1.